The summed E-state index contributed by atoms with van der Waals surface area (Å²) in [5, 5.41) is 0. The van der Waals surface area contributed by atoms with Crippen molar-refractivity contribution in [3.05, 3.63) is 0 Å². The lowest BCUT2D eigenvalue weighted by atomic mass is 9.74. The standard InChI is InChI=1S/C16H33N/c1-12(2)14(4)16(6)15(5)13(3)11-17-9-7-8-10-17/h12-16H,7-11H2,1-6H3. The molecule has 17 heavy (non-hydrogen) atoms. The molecule has 0 aromatic rings. The van der Waals surface area contributed by atoms with Crippen LogP contribution in [0.5, 0.6) is 0 Å². The van der Waals surface area contributed by atoms with Gasteiger partial charge in [-0.15, -0.1) is 0 Å². The topological polar surface area (TPSA) is 3.24 Å². The first-order valence-electron chi connectivity index (χ1n) is 7.65. The van der Waals surface area contributed by atoms with Gasteiger partial charge in [-0.25, -0.2) is 0 Å². The predicted octanol–water partition coefficient (Wildman–Crippen LogP) is 4.28. The Bertz CT molecular complexity index is 206. The molecule has 102 valence electrons. The van der Waals surface area contributed by atoms with Crippen molar-refractivity contribution in [3.63, 3.8) is 0 Å². The molecule has 1 heteroatoms. The summed E-state index contributed by atoms with van der Waals surface area (Å²) in [5.41, 5.74) is 0. The molecular formula is C16H33N. The molecule has 0 amide bonds. The molecule has 4 atom stereocenters. The molecule has 0 aromatic heterocycles. The summed E-state index contributed by atoms with van der Waals surface area (Å²) in [7, 11) is 0. The zero-order valence-electron chi connectivity index (χ0n) is 12.9. The van der Waals surface area contributed by atoms with Crippen molar-refractivity contribution in [2.24, 2.45) is 29.6 Å². The lowest BCUT2D eigenvalue weighted by Gasteiger charge is -2.34. The summed E-state index contributed by atoms with van der Waals surface area (Å²) in [6.07, 6.45) is 2.83. The first-order chi connectivity index (χ1) is 7.93. The molecule has 0 saturated carbocycles. The quantitative estimate of drug-likeness (QED) is 0.668. The Morgan fingerprint density at radius 2 is 1.29 bits per heavy atom. The minimum atomic E-state index is 0.812. The first kappa shape index (κ1) is 15.0. The first-order valence-corrected chi connectivity index (χ1v) is 7.65. The summed E-state index contributed by atoms with van der Waals surface area (Å²) >= 11 is 0. The molecule has 1 saturated heterocycles. The van der Waals surface area contributed by atoms with Gasteiger partial charge in [-0.3, -0.25) is 0 Å². The minimum absolute atomic E-state index is 0.812. The SMILES string of the molecule is CC(C)C(C)C(C)C(C)C(C)CN1CCCC1. The van der Waals surface area contributed by atoms with Crippen molar-refractivity contribution in [2.75, 3.05) is 19.6 Å². The number of hydrogen-bond acceptors (Lipinski definition) is 1. The fourth-order valence-corrected chi connectivity index (χ4v) is 3.14. The number of hydrogen-bond donors (Lipinski definition) is 0. The highest BCUT2D eigenvalue weighted by molar-refractivity contribution is 4.77. The molecule has 0 aliphatic carbocycles. The molecular weight excluding hydrogens is 206 g/mol. The Labute approximate surface area is 109 Å². The van der Waals surface area contributed by atoms with Crippen molar-refractivity contribution < 1.29 is 0 Å². The average molecular weight is 239 g/mol. The summed E-state index contributed by atoms with van der Waals surface area (Å²) in [4.78, 5) is 2.66. The summed E-state index contributed by atoms with van der Waals surface area (Å²) in [5.74, 6) is 4.17. The van der Waals surface area contributed by atoms with E-state index in [9.17, 15) is 0 Å². The van der Waals surface area contributed by atoms with Crippen LogP contribution in [0.1, 0.15) is 54.4 Å². The van der Waals surface area contributed by atoms with E-state index in [4.69, 9.17) is 0 Å². The van der Waals surface area contributed by atoms with E-state index in [0.29, 0.717) is 0 Å². The van der Waals surface area contributed by atoms with Crippen molar-refractivity contribution in [1.82, 2.24) is 4.90 Å². The van der Waals surface area contributed by atoms with Crippen LogP contribution in [-0.2, 0) is 0 Å². The van der Waals surface area contributed by atoms with E-state index in [0.717, 1.165) is 29.6 Å². The maximum atomic E-state index is 2.66. The van der Waals surface area contributed by atoms with Crippen LogP contribution in [0.25, 0.3) is 0 Å². The lowest BCUT2D eigenvalue weighted by Crippen LogP contribution is -2.33. The molecule has 1 aliphatic heterocycles. The van der Waals surface area contributed by atoms with E-state index in [1.807, 2.05) is 0 Å². The number of likely N-dealkylation sites (tertiary alicyclic amines) is 1. The van der Waals surface area contributed by atoms with E-state index in [1.165, 1.54) is 32.5 Å². The lowest BCUT2D eigenvalue weighted by molar-refractivity contribution is 0.147. The second-order valence-electron chi connectivity index (χ2n) is 6.81. The van der Waals surface area contributed by atoms with Gasteiger partial charge in [0.2, 0.25) is 0 Å². The van der Waals surface area contributed by atoms with Crippen molar-refractivity contribution in [3.8, 4) is 0 Å². The highest BCUT2D eigenvalue weighted by Crippen LogP contribution is 2.31. The number of nitrogens with zero attached hydrogens (tertiary/aromatic N) is 1. The van der Waals surface area contributed by atoms with Crippen molar-refractivity contribution in [1.29, 1.82) is 0 Å². The molecule has 1 rings (SSSR count). The normalized spacial score (nSPS) is 24.9. The second kappa shape index (κ2) is 6.78. The summed E-state index contributed by atoms with van der Waals surface area (Å²) in [6.45, 7) is 18.5. The van der Waals surface area contributed by atoms with E-state index < -0.39 is 0 Å². The fraction of sp³-hybridized carbons (Fsp3) is 1.00. The van der Waals surface area contributed by atoms with Gasteiger partial charge in [0.25, 0.3) is 0 Å². The van der Waals surface area contributed by atoms with Gasteiger partial charge in [0, 0.05) is 6.54 Å². The Balaban J connectivity index is 2.41. The van der Waals surface area contributed by atoms with Gasteiger partial charge < -0.3 is 4.90 Å². The average Bonchev–Trinajstić information content (AvgIpc) is 2.78. The van der Waals surface area contributed by atoms with Crippen LogP contribution in [0, 0.1) is 29.6 Å². The minimum Gasteiger partial charge on any atom is -0.303 e. The monoisotopic (exact) mass is 239 g/mol. The van der Waals surface area contributed by atoms with Gasteiger partial charge in [-0.1, -0.05) is 41.5 Å². The van der Waals surface area contributed by atoms with Crippen molar-refractivity contribution >= 4 is 0 Å². The third kappa shape index (κ3) is 4.28. The van der Waals surface area contributed by atoms with Crippen LogP contribution in [0.4, 0.5) is 0 Å². The van der Waals surface area contributed by atoms with E-state index in [-0.39, 0.29) is 0 Å². The van der Waals surface area contributed by atoms with Gasteiger partial charge in [0.1, 0.15) is 0 Å². The molecule has 1 heterocycles. The maximum Gasteiger partial charge on any atom is 0.000966 e. The highest BCUT2D eigenvalue weighted by Gasteiger charge is 2.27. The Kier molecular flexibility index (Phi) is 5.99. The van der Waals surface area contributed by atoms with E-state index in [1.54, 1.807) is 0 Å². The third-order valence-corrected chi connectivity index (χ3v) is 5.35. The van der Waals surface area contributed by atoms with Crippen LogP contribution in [0.3, 0.4) is 0 Å². The largest absolute Gasteiger partial charge is 0.303 e. The predicted molar refractivity (Wildman–Crippen MR) is 77.2 cm³/mol. The van der Waals surface area contributed by atoms with Crippen LogP contribution < -0.4 is 0 Å². The van der Waals surface area contributed by atoms with Gasteiger partial charge >= 0.3 is 0 Å². The molecule has 0 aromatic carbocycles. The summed E-state index contributed by atoms with van der Waals surface area (Å²) in [6, 6.07) is 0. The zero-order valence-corrected chi connectivity index (χ0v) is 12.9. The Morgan fingerprint density at radius 3 is 1.76 bits per heavy atom. The van der Waals surface area contributed by atoms with Crippen LogP contribution in [-0.4, -0.2) is 24.5 Å². The zero-order chi connectivity index (χ0) is 13.0. The molecule has 0 bridgehead atoms. The molecule has 1 fully saturated rings. The van der Waals surface area contributed by atoms with Crippen LogP contribution in [0.2, 0.25) is 0 Å². The van der Waals surface area contributed by atoms with Gasteiger partial charge in [0.05, 0.1) is 0 Å². The molecule has 0 spiro atoms. The Morgan fingerprint density at radius 1 is 0.765 bits per heavy atom. The molecule has 4 unspecified atom stereocenters. The van der Waals surface area contributed by atoms with Crippen LogP contribution >= 0.6 is 0 Å². The molecule has 1 nitrogen and oxygen atoms in total. The van der Waals surface area contributed by atoms with Crippen molar-refractivity contribution in [2.45, 2.75) is 54.4 Å². The second-order valence-corrected chi connectivity index (χ2v) is 6.81. The van der Waals surface area contributed by atoms with Gasteiger partial charge in [0.15, 0.2) is 0 Å². The fourth-order valence-electron chi connectivity index (χ4n) is 3.14. The van der Waals surface area contributed by atoms with E-state index >= 15 is 0 Å². The summed E-state index contributed by atoms with van der Waals surface area (Å²) < 4.78 is 0. The molecule has 0 radical (unpaired) electrons. The van der Waals surface area contributed by atoms with E-state index in [2.05, 4.69) is 46.4 Å². The molecule has 0 N–H and O–H groups in total. The Hall–Kier alpha value is -0.0400. The van der Waals surface area contributed by atoms with Gasteiger partial charge in [-0.2, -0.15) is 0 Å². The van der Waals surface area contributed by atoms with Crippen LogP contribution in [0.15, 0.2) is 0 Å². The maximum absolute atomic E-state index is 2.66. The molecule has 1 aliphatic rings. The third-order valence-electron chi connectivity index (χ3n) is 5.35. The number of rotatable bonds is 6. The highest BCUT2D eigenvalue weighted by atomic mass is 15.1. The smallest absolute Gasteiger partial charge is 0.000966 e. The van der Waals surface area contributed by atoms with Gasteiger partial charge in [-0.05, 0) is 55.5 Å².